The molecule has 0 spiro atoms. The van der Waals surface area contributed by atoms with Crippen LogP contribution in [0.3, 0.4) is 0 Å². The van der Waals surface area contributed by atoms with Gasteiger partial charge in [0.25, 0.3) is 0 Å². The van der Waals surface area contributed by atoms with Crippen molar-refractivity contribution in [2.24, 2.45) is 0 Å². The maximum absolute atomic E-state index is 9.86. The Balaban J connectivity index is 2.98. The molecule has 0 atom stereocenters. The summed E-state index contributed by atoms with van der Waals surface area (Å²) in [5.41, 5.74) is 0.159. The highest BCUT2D eigenvalue weighted by Crippen LogP contribution is 2.33. The lowest BCUT2D eigenvalue weighted by atomic mass is 9.99. The largest absolute Gasteiger partial charge is 0.386 e. The molecule has 0 aliphatic carbocycles. The van der Waals surface area contributed by atoms with E-state index in [-0.39, 0.29) is 0 Å². The summed E-state index contributed by atoms with van der Waals surface area (Å²) in [5.74, 6) is 0. The monoisotopic (exact) mass is 288 g/mol. The number of aliphatic hydroxyl groups is 1. The van der Waals surface area contributed by atoms with Gasteiger partial charge in [0.2, 0.25) is 0 Å². The average molecular weight is 289 g/mol. The highest BCUT2D eigenvalue weighted by Gasteiger charge is 2.17. The van der Waals surface area contributed by atoms with E-state index >= 15 is 0 Å². The van der Waals surface area contributed by atoms with Gasteiger partial charge in [-0.1, -0.05) is 19.9 Å². The first-order valence-electron chi connectivity index (χ1n) is 5.00. The van der Waals surface area contributed by atoms with Crippen molar-refractivity contribution in [2.45, 2.75) is 43.4 Å². The lowest BCUT2D eigenvalue weighted by Gasteiger charge is -2.19. The topological polar surface area (TPSA) is 20.2 Å². The van der Waals surface area contributed by atoms with Gasteiger partial charge in [0.05, 0.1) is 5.60 Å². The fourth-order valence-corrected chi connectivity index (χ4v) is 2.72. The zero-order valence-corrected chi connectivity index (χ0v) is 11.9. The van der Waals surface area contributed by atoms with Gasteiger partial charge < -0.3 is 5.11 Å². The second kappa shape index (κ2) is 4.89. The van der Waals surface area contributed by atoms with Crippen LogP contribution in [0.15, 0.2) is 27.6 Å². The van der Waals surface area contributed by atoms with E-state index in [1.807, 2.05) is 23.9 Å². The zero-order valence-electron chi connectivity index (χ0n) is 9.54. The van der Waals surface area contributed by atoms with E-state index in [1.165, 1.54) is 4.90 Å². The summed E-state index contributed by atoms with van der Waals surface area (Å²) < 4.78 is 1.06. The normalized spacial score (nSPS) is 12.2. The molecular weight excluding hydrogens is 272 g/mol. The molecule has 84 valence electrons. The third-order valence-electron chi connectivity index (χ3n) is 2.00. The molecule has 0 aromatic heterocycles. The molecule has 1 aromatic carbocycles. The van der Waals surface area contributed by atoms with Crippen LogP contribution in [0.2, 0.25) is 0 Å². The van der Waals surface area contributed by atoms with Crippen LogP contribution in [0, 0.1) is 0 Å². The highest BCUT2D eigenvalue weighted by atomic mass is 79.9. The summed E-state index contributed by atoms with van der Waals surface area (Å²) in [6.07, 6.45) is 0. The van der Waals surface area contributed by atoms with Crippen molar-refractivity contribution in [3.8, 4) is 0 Å². The van der Waals surface area contributed by atoms with E-state index in [0.29, 0.717) is 5.25 Å². The van der Waals surface area contributed by atoms with Crippen molar-refractivity contribution >= 4 is 27.7 Å². The Hall–Kier alpha value is 0.01000. The molecule has 0 unspecified atom stereocenters. The first kappa shape index (κ1) is 13.1. The molecule has 1 nitrogen and oxygen atoms in total. The Bertz CT molecular complexity index is 342. The zero-order chi connectivity index (χ0) is 11.6. The van der Waals surface area contributed by atoms with Crippen LogP contribution in [0.5, 0.6) is 0 Å². The molecule has 0 saturated carbocycles. The standard InChI is InChI=1S/C12H17BrOS/c1-8(2)15-11-6-5-9(7-10(11)13)12(3,4)14/h5-8,14H,1-4H3. The van der Waals surface area contributed by atoms with E-state index in [9.17, 15) is 5.11 Å². The quantitative estimate of drug-likeness (QED) is 0.842. The molecule has 0 aliphatic heterocycles. The molecule has 0 fully saturated rings. The summed E-state index contributed by atoms with van der Waals surface area (Å²) in [6.45, 7) is 7.93. The first-order valence-corrected chi connectivity index (χ1v) is 6.67. The summed E-state index contributed by atoms with van der Waals surface area (Å²) in [5, 5.41) is 10.4. The van der Waals surface area contributed by atoms with Crippen molar-refractivity contribution < 1.29 is 5.11 Å². The number of benzene rings is 1. The molecule has 0 saturated heterocycles. The fraction of sp³-hybridized carbons (Fsp3) is 0.500. The van der Waals surface area contributed by atoms with Gasteiger partial charge in [-0.25, -0.2) is 0 Å². The van der Waals surface area contributed by atoms with E-state index in [0.717, 1.165) is 10.0 Å². The minimum absolute atomic E-state index is 0.564. The Morgan fingerprint density at radius 1 is 1.33 bits per heavy atom. The van der Waals surface area contributed by atoms with Crippen LogP contribution < -0.4 is 0 Å². The van der Waals surface area contributed by atoms with Gasteiger partial charge in [-0.05, 0) is 47.5 Å². The van der Waals surface area contributed by atoms with Gasteiger partial charge in [-0.15, -0.1) is 11.8 Å². The van der Waals surface area contributed by atoms with Gasteiger partial charge in [0.1, 0.15) is 0 Å². The number of hydrogen-bond acceptors (Lipinski definition) is 2. The van der Waals surface area contributed by atoms with Crippen LogP contribution in [0.4, 0.5) is 0 Å². The predicted molar refractivity (Wildman–Crippen MR) is 70.4 cm³/mol. The predicted octanol–water partition coefficient (Wildman–Crippen LogP) is 4.18. The average Bonchev–Trinajstić information content (AvgIpc) is 2.05. The van der Waals surface area contributed by atoms with Gasteiger partial charge in [-0.3, -0.25) is 0 Å². The van der Waals surface area contributed by atoms with Crippen LogP contribution in [0.25, 0.3) is 0 Å². The van der Waals surface area contributed by atoms with Crippen LogP contribution in [-0.4, -0.2) is 10.4 Å². The molecule has 1 aromatic rings. The van der Waals surface area contributed by atoms with Crippen LogP contribution in [-0.2, 0) is 5.60 Å². The second-order valence-electron chi connectivity index (χ2n) is 4.37. The third-order valence-corrected chi connectivity index (χ3v) is 4.00. The Morgan fingerprint density at radius 3 is 2.33 bits per heavy atom. The summed E-state index contributed by atoms with van der Waals surface area (Å²) in [4.78, 5) is 1.22. The minimum Gasteiger partial charge on any atom is -0.386 e. The van der Waals surface area contributed by atoms with Gasteiger partial charge in [0, 0.05) is 14.6 Å². The Labute approximate surface area is 104 Å². The van der Waals surface area contributed by atoms with Gasteiger partial charge >= 0.3 is 0 Å². The molecule has 1 rings (SSSR count). The third kappa shape index (κ3) is 3.82. The van der Waals surface area contributed by atoms with Crippen LogP contribution in [0.1, 0.15) is 33.3 Å². The maximum atomic E-state index is 9.86. The highest BCUT2D eigenvalue weighted by molar-refractivity contribution is 9.10. The minimum atomic E-state index is -0.774. The second-order valence-corrected chi connectivity index (χ2v) is 6.84. The van der Waals surface area contributed by atoms with Crippen molar-refractivity contribution in [1.29, 1.82) is 0 Å². The van der Waals surface area contributed by atoms with Gasteiger partial charge in [-0.2, -0.15) is 0 Å². The SMILES string of the molecule is CC(C)Sc1ccc(C(C)(C)O)cc1Br. The molecule has 0 aliphatic rings. The molecule has 0 amide bonds. The number of halogens is 1. The molecule has 0 bridgehead atoms. The van der Waals surface area contributed by atoms with E-state index in [4.69, 9.17) is 0 Å². The molecule has 15 heavy (non-hydrogen) atoms. The Kier molecular flexibility index (Phi) is 4.27. The first-order chi connectivity index (χ1) is 6.80. The maximum Gasteiger partial charge on any atom is 0.0840 e. The molecular formula is C12H17BrOS. The fourth-order valence-electron chi connectivity index (χ4n) is 1.23. The summed E-state index contributed by atoms with van der Waals surface area (Å²) in [6, 6.07) is 6.03. The van der Waals surface area contributed by atoms with Gasteiger partial charge in [0.15, 0.2) is 0 Å². The van der Waals surface area contributed by atoms with E-state index in [1.54, 1.807) is 13.8 Å². The molecule has 1 N–H and O–H groups in total. The lowest BCUT2D eigenvalue weighted by molar-refractivity contribution is 0.0785. The Morgan fingerprint density at radius 2 is 1.93 bits per heavy atom. The van der Waals surface area contributed by atoms with E-state index in [2.05, 4.69) is 35.8 Å². The van der Waals surface area contributed by atoms with Crippen molar-refractivity contribution in [3.63, 3.8) is 0 Å². The number of hydrogen-bond donors (Lipinski definition) is 1. The van der Waals surface area contributed by atoms with Crippen molar-refractivity contribution in [2.75, 3.05) is 0 Å². The molecule has 0 radical (unpaired) electrons. The molecule has 3 heteroatoms. The van der Waals surface area contributed by atoms with E-state index < -0.39 is 5.60 Å². The number of thioether (sulfide) groups is 1. The number of rotatable bonds is 3. The smallest absolute Gasteiger partial charge is 0.0840 e. The summed E-state index contributed by atoms with van der Waals surface area (Å²) in [7, 11) is 0. The van der Waals surface area contributed by atoms with Crippen molar-refractivity contribution in [1.82, 2.24) is 0 Å². The van der Waals surface area contributed by atoms with Crippen LogP contribution >= 0.6 is 27.7 Å². The van der Waals surface area contributed by atoms with Crippen molar-refractivity contribution in [3.05, 3.63) is 28.2 Å². The summed E-state index contributed by atoms with van der Waals surface area (Å²) >= 11 is 5.35. The lowest BCUT2D eigenvalue weighted by Crippen LogP contribution is -2.15. The molecule has 0 heterocycles.